The Kier molecular flexibility index (Phi) is 3.19. The normalized spacial score (nSPS) is 11.9. The summed E-state index contributed by atoms with van der Waals surface area (Å²) in [7, 11) is 0. The number of nitrogens with zero attached hydrogens (tertiary/aromatic N) is 2. The Morgan fingerprint density at radius 2 is 1.10 bits per heavy atom. The lowest BCUT2D eigenvalue weighted by Crippen LogP contribution is -2.39. The SMILES string of the molecule is CC(C)(c1ccc(C#N)o1)C(C)(C)c1ccc(C#N)o1. The van der Waals surface area contributed by atoms with Crippen molar-refractivity contribution in [1.82, 2.24) is 0 Å². The monoisotopic (exact) mass is 268 g/mol. The van der Waals surface area contributed by atoms with E-state index >= 15 is 0 Å². The number of rotatable bonds is 3. The van der Waals surface area contributed by atoms with Gasteiger partial charge in [0.25, 0.3) is 0 Å². The molecule has 102 valence electrons. The predicted molar refractivity (Wildman–Crippen MR) is 72.9 cm³/mol. The van der Waals surface area contributed by atoms with Gasteiger partial charge in [-0.05, 0) is 24.3 Å². The van der Waals surface area contributed by atoms with E-state index in [0.717, 1.165) is 0 Å². The maximum absolute atomic E-state index is 8.87. The van der Waals surface area contributed by atoms with E-state index in [-0.39, 0.29) is 0 Å². The van der Waals surface area contributed by atoms with Gasteiger partial charge in [0.1, 0.15) is 23.7 Å². The minimum absolute atomic E-state index is 0.293. The van der Waals surface area contributed by atoms with Crippen LogP contribution in [0.2, 0.25) is 0 Å². The van der Waals surface area contributed by atoms with Gasteiger partial charge >= 0.3 is 0 Å². The summed E-state index contributed by atoms with van der Waals surface area (Å²) in [6.07, 6.45) is 0. The number of furan rings is 2. The zero-order valence-corrected chi connectivity index (χ0v) is 12.0. The molecular weight excluding hydrogens is 252 g/mol. The van der Waals surface area contributed by atoms with Gasteiger partial charge in [0.2, 0.25) is 11.5 Å². The Balaban J connectivity index is 2.46. The largest absolute Gasteiger partial charge is 0.450 e. The van der Waals surface area contributed by atoms with E-state index in [1.165, 1.54) is 0 Å². The highest BCUT2D eigenvalue weighted by Crippen LogP contribution is 2.44. The van der Waals surface area contributed by atoms with Crippen molar-refractivity contribution in [2.45, 2.75) is 38.5 Å². The van der Waals surface area contributed by atoms with Crippen LogP contribution in [0.3, 0.4) is 0 Å². The van der Waals surface area contributed by atoms with Gasteiger partial charge in [-0.1, -0.05) is 27.7 Å². The second-order valence-corrected chi connectivity index (χ2v) is 5.80. The first-order valence-electron chi connectivity index (χ1n) is 6.34. The predicted octanol–water partition coefficient (Wildman–Crippen LogP) is 3.87. The molecule has 0 fully saturated rings. The van der Waals surface area contributed by atoms with Crippen molar-refractivity contribution < 1.29 is 8.83 Å². The zero-order valence-electron chi connectivity index (χ0n) is 12.0. The fraction of sp³-hybridized carbons (Fsp3) is 0.375. The number of nitriles is 2. The van der Waals surface area contributed by atoms with Crippen molar-refractivity contribution in [1.29, 1.82) is 10.5 Å². The molecule has 0 bridgehead atoms. The molecule has 0 aliphatic heterocycles. The molecule has 0 spiro atoms. The molecule has 0 unspecified atom stereocenters. The van der Waals surface area contributed by atoms with Gasteiger partial charge in [-0.2, -0.15) is 10.5 Å². The van der Waals surface area contributed by atoms with Crippen molar-refractivity contribution in [3.05, 3.63) is 47.3 Å². The summed E-state index contributed by atoms with van der Waals surface area (Å²) in [4.78, 5) is 0. The molecule has 0 saturated carbocycles. The smallest absolute Gasteiger partial charge is 0.203 e. The van der Waals surface area contributed by atoms with Crippen LogP contribution in [0, 0.1) is 22.7 Å². The summed E-state index contributed by atoms with van der Waals surface area (Å²) in [5.41, 5.74) is -0.792. The Labute approximate surface area is 118 Å². The molecule has 0 N–H and O–H groups in total. The van der Waals surface area contributed by atoms with E-state index < -0.39 is 10.8 Å². The lowest BCUT2D eigenvalue weighted by Gasteiger charge is -2.38. The summed E-state index contributed by atoms with van der Waals surface area (Å²) in [5.74, 6) is 2.02. The quantitative estimate of drug-likeness (QED) is 0.846. The second-order valence-electron chi connectivity index (χ2n) is 5.80. The first-order chi connectivity index (χ1) is 9.32. The van der Waals surface area contributed by atoms with Crippen molar-refractivity contribution in [2.75, 3.05) is 0 Å². The van der Waals surface area contributed by atoms with Gasteiger partial charge in [-0.25, -0.2) is 0 Å². The average molecular weight is 268 g/mol. The molecular formula is C16H16N2O2. The summed E-state index contributed by atoms with van der Waals surface area (Å²) in [6, 6.07) is 10.9. The fourth-order valence-electron chi connectivity index (χ4n) is 2.08. The highest BCUT2D eigenvalue weighted by Gasteiger charge is 2.44. The molecule has 0 radical (unpaired) electrons. The van der Waals surface area contributed by atoms with Crippen LogP contribution in [-0.2, 0) is 10.8 Å². The van der Waals surface area contributed by atoms with Crippen LogP contribution < -0.4 is 0 Å². The van der Waals surface area contributed by atoms with E-state index in [9.17, 15) is 0 Å². The van der Waals surface area contributed by atoms with Crippen LogP contribution >= 0.6 is 0 Å². The molecule has 20 heavy (non-hydrogen) atoms. The topological polar surface area (TPSA) is 73.9 Å². The van der Waals surface area contributed by atoms with E-state index in [1.54, 1.807) is 12.1 Å². The van der Waals surface area contributed by atoms with Gasteiger partial charge < -0.3 is 8.83 Å². The lowest BCUT2D eigenvalue weighted by atomic mass is 9.65. The fourth-order valence-corrected chi connectivity index (χ4v) is 2.08. The van der Waals surface area contributed by atoms with Crippen LogP contribution in [0.25, 0.3) is 0 Å². The first-order valence-corrected chi connectivity index (χ1v) is 6.34. The van der Waals surface area contributed by atoms with Crippen LogP contribution in [0.4, 0.5) is 0 Å². The van der Waals surface area contributed by atoms with Gasteiger partial charge in [-0.3, -0.25) is 0 Å². The maximum atomic E-state index is 8.87. The molecule has 0 amide bonds. The highest BCUT2D eigenvalue weighted by atomic mass is 16.3. The molecule has 2 rings (SSSR count). The third-order valence-corrected chi connectivity index (χ3v) is 4.23. The third-order valence-electron chi connectivity index (χ3n) is 4.23. The van der Waals surface area contributed by atoms with Crippen LogP contribution in [0.5, 0.6) is 0 Å². The molecule has 2 aromatic rings. The number of hydrogen-bond acceptors (Lipinski definition) is 4. The summed E-state index contributed by atoms with van der Waals surface area (Å²) < 4.78 is 11.1. The molecule has 4 heteroatoms. The first kappa shape index (κ1) is 14.0. The molecule has 0 aliphatic carbocycles. The van der Waals surface area contributed by atoms with E-state index in [1.807, 2.05) is 52.0 Å². The minimum Gasteiger partial charge on any atom is -0.450 e. The summed E-state index contributed by atoms with van der Waals surface area (Å²) in [5, 5.41) is 17.7. The van der Waals surface area contributed by atoms with Crippen molar-refractivity contribution in [2.24, 2.45) is 0 Å². The third kappa shape index (κ3) is 2.00. The maximum Gasteiger partial charge on any atom is 0.203 e. The van der Waals surface area contributed by atoms with Crippen LogP contribution in [0.15, 0.2) is 33.1 Å². The molecule has 4 nitrogen and oxygen atoms in total. The molecule has 0 aliphatic rings. The van der Waals surface area contributed by atoms with E-state index in [4.69, 9.17) is 19.4 Å². The molecule has 0 saturated heterocycles. The van der Waals surface area contributed by atoms with Crippen molar-refractivity contribution in [3.8, 4) is 12.1 Å². The Hall–Kier alpha value is -2.46. The highest BCUT2D eigenvalue weighted by molar-refractivity contribution is 5.32. The molecule has 2 heterocycles. The minimum atomic E-state index is -0.396. The van der Waals surface area contributed by atoms with Gasteiger partial charge in [0.05, 0.1) is 0 Å². The van der Waals surface area contributed by atoms with Crippen molar-refractivity contribution in [3.63, 3.8) is 0 Å². The van der Waals surface area contributed by atoms with Crippen molar-refractivity contribution >= 4 is 0 Å². The Morgan fingerprint density at radius 1 is 0.750 bits per heavy atom. The van der Waals surface area contributed by atoms with Crippen LogP contribution in [0.1, 0.15) is 50.7 Å². The standard InChI is InChI=1S/C16H16N2O2/c1-15(2,13-7-5-11(9-17)19-13)16(3,4)14-8-6-12(10-18)20-14/h5-8H,1-4H3. The summed E-state index contributed by atoms with van der Waals surface area (Å²) in [6.45, 7) is 8.12. The van der Waals surface area contributed by atoms with Gasteiger partial charge in [0, 0.05) is 10.8 Å². The summed E-state index contributed by atoms with van der Waals surface area (Å²) >= 11 is 0. The number of hydrogen-bond donors (Lipinski definition) is 0. The molecule has 0 aromatic carbocycles. The van der Waals surface area contributed by atoms with Crippen LogP contribution in [-0.4, -0.2) is 0 Å². The van der Waals surface area contributed by atoms with Gasteiger partial charge in [-0.15, -0.1) is 0 Å². The average Bonchev–Trinajstić information content (AvgIpc) is 3.07. The zero-order chi connectivity index (χ0) is 15.0. The van der Waals surface area contributed by atoms with E-state index in [2.05, 4.69) is 0 Å². The second kappa shape index (κ2) is 4.58. The molecule has 2 aromatic heterocycles. The van der Waals surface area contributed by atoms with E-state index in [0.29, 0.717) is 23.0 Å². The Bertz CT molecular complexity index is 643. The lowest BCUT2D eigenvalue weighted by molar-refractivity contribution is 0.215. The Morgan fingerprint density at radius 3 is 1.35 bits per heavy atom. The molecule has 0 atom stereocenters. The van der Waals surface area contributed by atoms with Gasteiger partial charge in [0.15, 0.2) is 0 Å².